The van der Waals surface area contributed by atoms with Gasteiger partial charge in [0.2, 0.25) is 0 Å². The Labute approximate surface area is 106 Å². The van der Waals surface area contributed by atoms with E-state index in [1.165, 1.54) is 0 Å². The van der Waals surface area contributed by atoms with Crippen molar-refractivity contribution in [2.24, 2.45) is 0 Å². The Kier molecular flexibility index (Phi) is 3.26. The number of aromatic nitrogens is 1. The van der Waals surface area contributed by atoms with Gasteiger partial charge in [0.25, 0.3) is 0 Å². The summed E-state index contributed by atoms with van der Waals surface area (Å²) < 4.78 is 5.26. The molecule has 0 spiro atoms. The van der Waals surface area contributed by atoms with Crippen LogP contribution >= 0.6 is 0 Å². The molecule has 0 amide bonds. The first kappa shape index (κ1) is 12.8. The molecule has 5 heteroatoms. The monoisotopic (exact) mass is 250 g/mol. The summed E-state index contributed by atoms with van der Waals surface area (Å²) in [6, 6.07) is 3.51. The highest BCUT2D eigenvalue weighted by atomic mass is 16.6. The zero-order valence-corrected chi connectivity index (χ0v) is 10.9. The smallest absolute Gasteiger partial charge is 0.357 e. The van der Waals surface area contributed by atoms with Crippen molar-refractivity contribution >= 4 is 11.7 Å². The molecule has 1 fully saturated rings. The predicted molar refractivity (Wildman–Crippen MR) is 67.6 cm³/mol. The molecule has 1 aromatic heterocycles. The minimum absolute atomic E-state index is 0.275. The van der Waals surface area contributed by atoms with E-state index in [4.69, 9.17) is 4.74 Å². The maximum atomic E-state index is 11.9. The summed E-state index contributed by atoms with van der Waals surface area (Å²) in [5.41, 5.74) is 0.654. The lowest BCUT2D eigenvalue weighted by Gasteiger charge is -2.37. The molecule has 0 bridgehead atoms. The van der Waals surface area contributed by atoms with Gasteiger partial charge in [0.05, 0.1) is 6.10 Å². The van der Waals surface area contributed by atoms with E-state index < -0.39 is 11.6 Å². The molecule has 98 valence electrons. The number of carbonyl (C=O) groups excluding carboxylic acids is 1. The van der Waals surface area contributed by atoms with Crippen molar-refractivity contribution < 1.29 is 14.6 Å². The van der Waals surface area contributed by atoms with Gasteiger partial charge in [0.15, 0.2) is 0 Å². The van der Waals surface area contributed by atoms with Crippen LogP contribution in [0.15, 0.2) is 18.3 Å². The van der Waals surface area contributed by atoms with Crippen LogP contribution in [0.5, 0.6) is 0 Å². The molecule has 0 aromatic carbocycles. The van der Waals surface area contributed by atoms with Gasteiger partial charge in [0.1, 0.15) is 11.3 Å². The lowest BCUT2D eigenvalue weighted by Crippen LogP contribution is -2.50. The molecule has 0 saturated carbocycles. The molecule has 1 N–H and O–H groups in total. The van der Waals surface area contributed by atoms with Gasteiger partial charge in [-0.1, -0.05) is 0 Å². The minimum atomic E-state index is -0.526. The number of hydrogen-bond donors (Lipinski definition) is 1. The number of β-amino-alcohol motifs (C(OH)–C–C–N with tert-alkyl or cyclic N) is 1. The van der Waals surface area contributed by atoms with Crippen molar-refractivity contribution in [2.75, 3.05) is 18.0 Å². The fourth-order valence-corrected chi connectivity index (χ4v) is 1.72. The van der Waals surface area contributed by atoms with Crippen LogP contribution in [-0.4, -0.2) is 40.9 Å². The van der Waals surface area contributed by atoms with Crippen molar-refractivity contribution in [3.8, 4) is 0 Å². The average molecular weight is 250 g/mol. The zero-order valence-electron chi connectivity index (χ0n) is 10.9. The molecule has 1 aromatic rings. The molecule has 0 unspecified atom stereocenters. The van der Waals surface area contributed by atoms with Crippen molar-refractivity contribution in [2.45, 2.75) is 32.5 Å². The van der Waals surface area contributed by atoms with Crippen LogP contribution in [0.4, 0.5) is 5.69 Å². The SMILES string of the molecule is CC(C)(C)OC(=O)c1cc(N2CC(O)C2)ccn1. The van der Waals surface area contributed by atoms with Crippen molar-refractivity contribution in [3.05, 3.63) is 24.0 Å². The van der Waals surface area contributed by atoms with Crippen LogP contribution in [0, 0.1) is 0 Å². The second-order valence-electron chi connectivity index (χ2n) is 5.46. The van der Waals surface area contributed by atoms with E-state index in [0.29, 0.717) is 18.8 Å². The molecule has 0 aliphatic carbocycles. The minimum Gasteiger partial charge on any atom is -0.455 e. The standard InChI is InChI=1S/C13H18N2O3/c1-13(2,3)18-12(17)11-6-9(4-5-14-11)15-7-10(16)8-15/h4-6,10,16H,7-8H2,1-3H3. The zero-order chi connectivity index (χ0) is 13.3. The highest BCUT2D eigenvalue weighted by Crippen LogP contribution is 2.21. The number of hydrogen-bond acceptors (Lipinski definition) is 5. The Hall–Kier alpha value is -1.62. The Balaban J connectivity index is 2.10. The van der Waals surface area contributed by atoms with E-state index in [9.17, 15) is 9.90 Å². The summed E-state index contributed by atoms with van der Waals surface area (Å²) in [7, 11) is 0. The van der Waals surface area contributed by atoms with Gasteiger partial charge in [-0.15, -0.1) is 0 Å². The van der Waals surface area contributed by atoms with Gasteiger partial charge >= 0.3 is 5.97 Å². The van der Waals surface area contributed by atoms with Gasteiger partial charge in [-0.2, -0.15) is 0 Å². The summed E-state index contributed by atoms with van der Waals surface area (Å²) in [4.78, 5) is 17.9. The Bertz CT molecular complexity index is 448. The molecule has 5 nitrogen and oxygen atoms in total. The van der Waals surface area contributed by atoms with E-state index in [2.05, 4.69) is 4.98 Å². The third kappa shape index (κ3) is 2.98. The summed E-state index contributed by atoms with van der Waals surface area (Å²) in [5, 5.41) is 9.26. The van der Waals surface area contributed by atoms with Crippen LogP contribution in [0.25, 0.3) is 0 Å². The Morgan fingerprint density at radius 2 is 2.17 bits per heavy atom. The topological polar surface area (TPSA) is 62.7 Å². The summed E-state index contributed by atoms with van der Waals surface area (Å²) in [5.74, 6) is -0.426. The molecule has 2 rings (SSSR count). The highest BCUT2D eigenvalue weighted by molar-refractivity contribution is 5.88. The second kappa shape index (κ2) is 4.57. The van der Waals surface area contributed by atoms with Crippen LogP contribution in [0.3, 0.4) is 0 Å². The van der Waals surface area contributed by atoms with Crippen molar-refractivity contribution in [1.82, 2.24) is 4.98 Å². The molecule has 18 heavy (non-hydrogen) atoms. The first-order valence-electron chi connectivity index (χ1n) is 5.97. The van der Waals surface area contributed by atoms with E-state index in [1.54, 1.807) is 12.3 Å². The predicted octanol–water partition coefficient (Wildman–Crippen LogP) is 1.22. The molecule has 1 aliphatic rings. The Morgan fingerprint density at radius 1 is 1.50 bits per heavy atom. The Morgan fingerprint density at radius 3 is 2.72 bits per heavy atom. The molecule has 0 radical (unpaired) electrons. The maximum absolute atomic E-state index is 11.9. The fourth-order valence-electron chi connectivity index (χ4n) is 1.72. The van der Waals surface area contributed by atoms with Crippen LogP contribution in [0.1, 0.15) is 31.3 Å². The fraction of sp³-hybridized carbons (Fsp3) is 0.538. The van der Waals surface area contributed by atoms with Crippen molar-refractivity contribution in [3.63, 3.8) is 0 Å². The van der Waals surface area contributed by atoms with E-state index in [1.807, 2.05) is 31.7 Å². The third-order valence-corrected chi connectivity index (χ3v) is 2.58. The molecular weight excluding hydrogens is 232 g/mol. The van der Waals surface area contributed by atoms with Crippen LogP contribution < -0.4 is 4.90 Å². The number of aliphatic hydroxyl groups is 1. The van der Waals surface area contributed by atoms with E-state index in [-0.39, 0.29) is 6.10 Å². The number of ether oxygens (including phenoxy) is 1. The van der Waals surface area contributed by atoms with Gasteiger partial charge < -0.3 is 14.7 Å². The largest absolute Gasteiger partial charge is 0.455 e. The number of aliphatic hydroxyl groups excluding tert-OH is 1. The molecule has 0 atom stereocenters. The maximum Gasteiger partial charge on any atom is 0.357 e. The normalized spacial score (nSPS) is 16.3. The summed E-state index contributed by atoms with van der Waals surface area (Å²) in [6.45, 7) is 6.65. The first-order chi connectivity index (χ1) is 8.35. The van der Waals surface area contributed by atoms with Gasteiger partial charge in [-0.3, -0.25) is 0 Å². The highest BCUT2D eigenvalue weighted by Gasteiger charge is 2.26. The number of anilines is 1. The number of rotatable bonds is 2. The number of esters is 1. The van der Waals surface area contributed by atoms with Crippen molar-refractivity contribution in [1.29, 1.82) is 0 Å². The lowest BCUT2D eigenvalue weighted by atomic mass is 10.1. The molecule has 1 saturated heterocycles. The second-order valence-corrected chi connectivity index (χ2v) is 5.46. The van der Waals surface area contributed by atoms with Crippen LogP contribution in [-0.2, 0) is 4.74 Å². The van der Waals surface area contributed by atoms with Gasteiger partial charge in [-0.05, 0) is 32.9 Å². The molecule has 2 heterocycles. The summed E-state index contributed by atoms with van der Waals surface area (Å²) in [6.07, 6.45) is 1.31. The molecule has 1 aliphatic heterocycles. The quantitative estimate of drug-likeness (QED) is 0.800. The average Bonchev–Trinajstić information content (AvgIpc) is 2.23. The van der Waals surface area contributed by atoms with Gasteiger partial charge in [0, 0.05) is 25.0 Å². The first-order valence-corrected chi connectivity index (χ1v) is 5.97. The third-order valence-electron chi connectivity index (χ3n) is 2.58. The van der Waals surface area contributed by atoms with Crippen LogP contribution in [0.2, 0.25) is 0 Å². The van der Waals surface area contributed by atoms with Gasteiger partial charge in [-0.25, -0.2) is 9.78 Å². The molecular formula is C13H18N2O3. The number of nitrogens with zero attached hydrogens (tertiary/aromatic N) is 2. The summed E-state index contributed by atoms with van der Waals surface area (Å²) >= 11 is 0. The lowest BCUT2D eigenvalue weighted by molar-refractivity contribution is 0.00629. The van der Waals surface area contributed by atoms with E-state index in [0.717, 1.165) is 5.69 Å². The van der Waals surface area contributed by atoms with E-state index >= 15 is 0 Å². The number of carbonyl (C=O) groups is 1. The number of pyridine rings is 1.